The van der Waals surface area contributed by atoms with Crippen molar-refractivity contribution in [3.05, 3.63) is 29.6 Å². The monoisotopic (exact) mass is 321 g/mol. The van der Waals surface area contributed by atoms with Crippen LogP contribution in [0.3, 0.4) is 0 Å². The van der Waals surface area contributed by atoms with Crippen LogP contribution in [0.2, 0.25) is 0 Å². The van der Waals surface area contributed by atoms with Gasteiger partial charge in [-0.2, -0.15) is 0 Å². The van der Waals surface area contributed by atoms with E-state index in [0.29, 0.717) is 17.7 Å². The molecule has 1 unspecified atom stereocenters. The SMILES string of the molecule is Cc1cc(F)ccc1NC(=O)CNC(=O)C1CC(C(C)C)=NO1. The van der Waals surface area contributed by atoms with Crippen LogP contribution in [0.25, 0.3) is 0 Å². The summed E-state index contributed by atoms with van der Waals surface area (Å²) in [6.07, 6.45) is -0.255. The molecule has 1 atom stereocenters. The average Bonchev–Trinajstić information content (AvgIpc) is 2.98. The molecule has 0 radical (unpaired) electrons. The van der Waals surface area contributed by atoms with Gasteiger partial charge in [-0.3, -0.25) is 9.59 Å². The number of benzene rings is 1. The summed E-state index contributed by atoms with van der Waals surface area (Å²) in [7, 11) is 0. The highest BCUT2D eigenvalue weighted by atomic mass is 19.1. The molecule has 0 spiro atoms. The molecule has 7 heteroatoms. The van der Waals surface area contributed by atoms with Crippen molar-refractivity contribution in [1.82, 2.24) is 5.32 Å². The van der Waals surface area contributed by atoms with E-state index >= 15 is 0 Å². The van der Waals surface area contributed by atoms with Gasteiger partial charge in [-0.05, 0) is 36.6 Å². The smallest absolute Gasteiger partial charge is 0.264 e. The largest absolute Gasteiger partial charge is 0.382 e. The van der Waals surface area contributed by atoms with Crippen LogP contribution >= 0.6 is 0 Å². The van der Waals surface area contributed by atoms with Gasteiger partial charge in [-0.1, -0.05) is 19.0 Å². The molecule has 0 bridgehead atoms. The third-order valence-corrected chi connectivity index (χ3v) is 3.54. The van der Waals surface area contributed by atoms with Crippen LogP contribution in [-0.2, 0) is 14.4 Å². The zero-order valence-corrected chi connectivity index (χ0v) is 13.4. The van der Waals surface area contributed by atoms with Crippen LogP contribution in [0, 0.1) is 18.7 Å². The van der Waals surface area contributed by atoms with Crippen LogP contribution in [0.5, 0.6) is 0 Å². The second-order valence-corrected chi connectivity index (χ2v) is 5.76. The quantitative estimate of drug-likeness (QED) is 0.870. The molecule has 0 saturated heterocycles. The summed E-state index contributed by atoms with van der Waals surface area (Å²) in [6, 6.07) is 4.07. The van der Waals surface area contributed by atoms with E-state index in [-0.39, 0.29) is 24.2 Å². The fourth-order valence-electron chi connectivity index (χ4n) is 2.12. The predicted octanol–water partition coefficient (Wildman–Crippen LogP) is 1.99. The minimum atomic E-state index is -0.687. The molecule has 1 heterocycles. The van der Waals surface area contributed by atoms with Crippen LogP contribution < -0.4 is 10.6 Å². The Morgan fingerprint density at radius 3 is 2.78 bits per heavy atom. The Bertz CT molecular complexity index is 643. The molecular formula is C16H20FN3O3. The number of nitrogens with zero attached hydrogens (tertiary/aromatic N) is 1. The number of nitrogens with one attached hydrogen (secondary N) is 2. The summed E-state index contributed by atoms with van der Waals surface area (Å²) in [4.78, 5) is 28.9. The molecular weight excluding hydrogens is 301 g/mol. The van der Waals surface area contributed by atoms with Crippen LogP contribution in [0.15, 0.2) is 23.4 Å². The van der Waals surface area contributed by atoms with E-state index in [0.717, 1.165) is 5.71 Å². The van der Waals surface area contributed by atoms with Crippen molar-refractivity contribution in [2.24, 2.45) is 11.1 Å². The molecule has 1 aromatic carbocycles. The number of oxime groups is 1. The van der Waals surface area contributed by atoms with Crippen LogP contribution in [0.1, 0.15) is 25.8 Å². The third kappa shape index (κ3) is 4.51. The van der Waals surface area contributed by atoms with Gasteiger partial charge in [0.2, 0.25) is 12.0 Å². The number of rotatable bonds is 5. The highest BCUT2D eigenvalue weighted by molar-refractivity contribution is 5.97. The molecule has 1 aliphatic rings. The number of hydrogen-bond acceptors (Lipinski definition) is 4. The maximum absolute atomic E-state index is 13.0. The van der Waals surface area contributed by atoms with E-state index in [4.69, 9.17) is 4.84 Å². The summed E-state index contributed by atoms with van der Waals surface area (Å²) in [6.45, 7) is 5.45. The summed E-state index contributed by atoms with van der Waals surface area (Å²) in [5.41, 5.74) is 1.95. The molecule has 2 rings (SSSR count). The maximum atomic E-state index is 13.0. The topological polar surface area (TPSA) is 79.8 Å². The molecule has 2 amide bonds. The van der Waals surface area contributed by atoms with Gasteiger partial charge in [-0.25, -0.2) is 4.39 Å². The molecule has 0 fully saturated rings. The van der Waals surface area contributed by atoms with Crippen molar-refractivity contribution in [3.63, 3.8) is 0 Å². The van der Waals surface area contributed by atoms with E-state index < -0.39 is 12.0 Å². The minimum Gasteiger partial charge on any atom is -0.382 e. The fourth-order valence-corrected chi connectivity index (χ4v) is 2.12. The minimum absolute atomic E-state index is 0.188. The molecule has 124 valence electrons. The lowest BCUT2D eigenvalue weighted by Gasteiger charge is -2.11. The van der Waals surface area contributed by atoms with E-state index in [1.807, 2.05) is 13.8 Å². The normalized spacial score (nSPS) is 16.7. The lowest BCUT2D eigenvalue weighted by molar-refractivity contribution is -0.132. The zero-order valence-electron chi connectivity index (χ0n) is 13.4. The second kappa shape index (κ2) is 7.21. The molecule has 1 aromatic rings. The number of anilines is 1. The molecule has 2 N–H and O–H groups in total. The summed E-state index contributed by atoms with van der Waals surface area (Å²) in [5.74, 6) is -0.919. The highest BCUT2D eigenvalue weighted by Gasteiger charge is 2.29. The molecule has 1 aliphatic heterocycles. The number of amides is 2. The first-order valence-electron chi connectivity index (χ1n) is 7.43. The molecule has 0 aromatic heterocycles. The van der Waals surface area contributed by atoms with Crippen molar-refractivity contribution in [3.8, 4) is 0 Å². The van der Waals surface area contributed by atoms with Gasteiger partial charge in [0.05, 0.1) is 12.3 Å². The Morgan fingerprint density at radius 1 is 1.43 bits per heavy atom. The Hall–Kier alpha value is -2.44. The van der Waals surface area contributed by atoms with Crippen molar-refractivity contribution in [2.75, 3.05) is 11.9 Å². The molecule has 23 heavy (non-hydrogen) atoms. The van der Waals surface area contributed by atoms with E-state index in [9.17, 15) is 14.0 Å². The lowest BCUT2D eigenvalue weighted by atomic mass is 10.0. The van der Waals surface area contributed by atoms with Gasteiger partial charge >= 0.3 is 0 Å². The number of halogens is 1. The maximum Gasteiger partial charge on any atom is 0.264 e. The number of aryl methyl sites for hydroxylation is 1. The van der Waals surface area contributed by atoms with Gasteiger partial charge in [0.15, 0.2) is 0 Å². The van der Waals surface area contributed by atoms with E-state index in [1.54, 1.807) is 6.92 Å². The third-order valence-electron chi connectivity index (χ3n) is 3.54. The Morgan fingerprint density at radius 2 is 2.17 bits per heavy atom. The zero-order chi connectivity index (χ0) is 17.0. The van der Waals surface area contributed by atoms with Crippen molar-refractivity contribution >= 4 is 23.2 Å². The first-order chi connectivity index (χ1) is 10.9. The highest BCUT2D eigenvalue weighted by Crippen LogP contribution is 2.17. The van der Waals surface area contributed by atoms with Gasteiger partial charge in [0.25, 0.3) is 5.91 Å². The van der Waals surface area contributed by atoms with Gasteiger partial charge in [0.1, 0.15) is 5.82 Å². The second-order valence-electron chi connectivity index (χ2n) is 5.76. The summed E-state index contributed by atoms with van der Waals surface area (Å²) < 4.78 is 13.0. The van der Waals surface area contributed by atoms with Gasteiger partial charge in [-0.15, -0.1) is 0 Å². The number of carbonyl (C=O) groups is 2. The number of carbonyl (C=O) groups excluding carboxylic acids is 2. The summed E-state index contributed by atoms with van der Waals surface area (Å²) >= 11 is 0. The van der Waals surface area contributed by atoms with E-state index in [1.165, 1.54) is 18.2 Å². The summed E-state index contributed by atoms with van der Waals surface area (Å²) in [5, 5.41) is 9.00. The molecule has 6 nitrogen and oxygen atoms in total. The lowest BCUT2D eigenvalue weighted by Crippen LogP contribution is -2.39. The first kappa shape index (κ1) is 16.9. The van der Waals surface area contributed by atoms with Gasteiger partial charge in [0, 0.05) is 12.1 Å². The Kier molecular flexibility index (Phi) is 5.31. The number of hydrogen-bond donors (Lipinski definition) is 2. The Balaban J connectivity index is 1.80. The Labute approximate surface area is 134 Å². The van der Waals surface area contributed by atoms with Crippen LogP contribution in [-0.4, -0.2) is 30.2 Å². The van der Waals surface area contributed by atoms with Crippen molar-refractivity contribution < 1.29 is 18.8 Å². The standard InChI is InChI=1S/C16H20FN3O3/c1-9(2)13-7-14(23-20-13)16(22)18-8-15(21)19-12-5-4-11(17)6-10(12)3/h4-6,9,14H,7-8H2,1-3H3,(H,18,22)(H,19,21). The van der Waals surface area contributed by atoms with Crippen molar-refractivity contribution in [2.45, 2.75) is 33.3 Å². The van der Waals surface area contributed by atoms with Crippen LogP contribution in [0.4, 0.5) is 10.1 Å². The predicted molar refractivity (Wildman–Crippen MR) is 84.5 cm³/mol. The average molecular weight is 321 g/mol. The van der Waals surface area contributed by atoms with Crippen molar-refractivity contribution in [1.29, 1.82) is 0 Å². The molecule has 0 saturated carbocycles. The van der Waals surface area contributed by atoms with E-state index in [2.05, 4.69) is 15.8 Å². The first-order valence-corrected chi connectivity index (χ1v) is 7.43. The molecule has 0 aliphatic carbocycles. The van der Waals surface area contributed by atoms with Gasteiger partial charge < -0.3 is 15.5 Å². The fraction of sp³-hybridized carbons (Fsp3) is 0.438.